The van der Waals surface area contributed by atoms with Crippen LogP contribution >= 0.6 is 15.9 Å². The number of rotatable bonds is 5. The predicted molar refractivity (Wildman–Crippen MR) is 80.2 cm³/mol. The molecule has 1 aromatic heterocycles. The third kappa shape index (κ3) is 5.14. The topological polar surface area (TPSA) is 66.9 Å². The van der Waals surface area contributed by atoms with Gasteiger partial charge in [-0.25, -0.2) is 9.97 Å². The summed E-state index contributed by atoms with van der Waals surface area (Å²) in [5.74, 6) is 1.58. The maximum atomic E-state index is 11.8. The molecule has 2 N–H and O–H groups in total. The van der Waals surface area contributed by atoms with Crippen molar-refractivity contribution >= 4 is 27.7 Å². The van der Waals surface area contributed by atoms with Gasteiger partial charge in [0.25, 0.3) is 0 Å². The molecule has 5 nitrogen and oxygen atoms in total. The van der Waals surface area contributed by atoms with E-state index < -0.39 is 0 Å². The van der Waals surface area contributed by atoms with E-state index in [-0.39, 0.29) is 23.9 Å². The fourth-order valence-electron chi connectivity index (χ4n) is 1.46. The van der Waals surface area contributed by atoms with Crippen molar-refractivity contribution in [1.82, 2.24) is 15.3 Å². The highest BCUT2D eigenvalue weighted by Crippen LogP contribution is 2.17. The quantitative estimate of drug-likeness (QED) is 0.815. The highest BCUT2D eigenvalue weighted by molar-refractivity contribution is 9.10. The summed E-state index contributed by atoms with van der Waals surface area (Å²) in [6, 6.07) is 1.55. The third-order valence-corrected chi connectivity index (χ3v) is 2.82. The maximum absolute atomic E-state index is 11.8. The molecule has 19 heavy (non-hydrogen) atoms. The van der Waals surface area contributed by atoms with E-state index in [4.69, 9.17) is 0 Å². The van der Waals surface area contributed by atoms with Gasteiger partial charge < -0.3 is 10.6 Å². The Labute approximate surface area is 122 Å². The predicted octanol–water partition coefficient (Wildman–Crippen LogP) is 2.69. The highest BCUT2D eigenvalue weighted by atomic mass is 79.9. The largest absolute Gasteiger partial charge is 0.358 e. The van der Waals surface area contributed by atoms with Gasteiger partial charge in [0, 0.05) is 18.0 Å². The van der Waals surface area contributed by atoms with Crippen LogP contribution in [0.5, 0.6) is 0 Å². The molecule has 106 valence electrons. The van der Waals surface area contributed by atoms with Gasteiger partial charge in [0.15, 0.2) is 0 Å². The molecule has 0 spiro atoms. The van der Waals surface area contributed by atoms with Crippen molar-refractivity contribution < 1.29 is 4.79 Å². The van der Waals surface area contributed by atoms with E-state index in [0.717, 1.165) is 5.82 Å². The Bertz CT molecular complexity index is 448. The van der Waals surface area contributed by atoms with Crippen molar-refractivity contribution in [3.8, 4) is 0 Å². The Kier molecular flexibility index (Phi) is 5.72. The van der Waals surface area contributed by atoms with Crippen LogP contribution in [-0.4, -0.2) is 28.0 Å². The second-order valence-corrected chi connectivity index (χ2v) is 5.93. The summed E-state index contributed by atoms with van der Waals surface area (Å²) in [5, 5.41) is 5.95. The maximum Gasteiger partial charge on any atom is 0.242 e. The lowest BCUT2D eigenvalue weighted by Gasteiger charge is -2.17. The zero-order valence-corrected chi connectivity index (χ0v) is 13.6. The van der Waals surface area contributed by atoms with Crippen molar-refractivity contribution in [3.05, 3.63) is 16.5 Å². The molecule has 1 heterocycles. The van der Waals surface area contributed by atoms with Gasteiger partial charge in [-0.15, -0.1) is 0 Å². The standard InChI is InChI=1S/C13H21BrN4O/c1-7(2)12-17-10(14)6-11(18-12)16-9(5)13(19)15-8(3)4/h6-9H,1-5H3,(H,15,19)(H,16,17,18). The van der Waals surface area contributed by atoms with Crippen LogP contribution in [0.25, 0.3) is 0 Å². The van der Waals surface area contributed by atoms with Crippen molar-refractivity contribution in [2.24, 2.45) is 0 Å². The van der Waals surface area contributed by atoms with E-state index in [2.05, 4.69) is 36.5 Å². The molecule has 1 unspecified atom stereocenters. The first kappa shape index (κ1) is 15.9. The number of aromatic nitrogens is 2. The number of anilines is 1. The number of amides is 1. The lowest BCUT2D eigenvalue weighted by Crippen LogP contribution is -2.41. The summed E-state index contributed by atoms with van der Waals surface area (Å²) in [7, 11) is 0. The first-order valence-corrected chi connectivity index (χ1v) is 7.20. The van der Waals surface area contributed by atoms with Gasteiger partial charge >= 0.3 is 0 Å². The van der Waals surface area contributed by atoms with Crippen LogP contribution in [0.15, 0.2) is 10.7 Å². The van der Waals surface area contributed by atoms with Crippen molar-refractivity contribution in [2.75, 3.05) is 5.32 Å². The van der Waals surface area contributed by atoms with E-state index in [1.165, 1.54) is 0 Å². The van der Waals surface area contributed by atoms with Crippen LogP contribution < -0.4 is 10.6 Å². The Balaban J connectivity index is 2.79. The first-order valence-electron chi connectivity index (χ1n) is 6.41. The SMILES string of the molecule is CC(C)NC(=O)C(C)Nc1cc(Br)nc(C(C)C)n1. The average molecular weight is 329 g/mol. The summed E-state index contributed by atoms with van der Waals surface area (Å²) < 4.78 is 0.713. The molecule has 0 saturated carbocycles. The zero-order chi connectivity index (χ0) is 14.6. The lowest BCUT2D eigenvalue weighted by molar-refractivity contribution is -0.122. The number of hydrogen-bond acceptors (Lipinski definition) is 4. The van der Waals surface area contributed by atoms with Crippen LogP contribution in [0.2, 0.25) is 0 Å². The monoisotopic (exact) mass is 328 g/mol. The molecule has 0 aliphatic heterocycles. The van der Waals surface area contributed by atoms with Crippen molar-refractivity contribution in [2.45, 2.75) is 52.6 Å². The van der Waals surface area contributed by atoms with Crippen molar-refractivity contribution in [3.63, 3.8) is 0 Å². The van der Waals surface area contributed by atoms with E-state index in [0.29, 0.717) is 10.4 Å². The van der Waals surface area contributed by atoms with Gasteiger partial charge in [0.1, 0.15) is 22.3 Å². The molecular weight excluding hydrogens is 308 g/mol. The molecule has 0 aliphatic carbocycles. The summed E-state index contributed by atoms with van der Waals surface area (Å²) in [5.41, 5.74) is 0. The fraction of sp³-hybridized carbons (Fsp3) is 0.615. The molecule has 0 aliphatic rings. The highest BCUT2D eigenvalue weighted by Gasteiger charge is 2.15. The molecule has 0 aromatic carbocycles. The third-order valence-electron chi connectivity index (χ3n) is 2.42. The average Bonchev–Trinajstić information content (AvgIpc) is 2.26. The minimum Gasteiger partial charge on any atom is -0.358 e. The van der Waals surface area contributed by atoms with Crippen LogP contribution in [0.4, 0.5) is 5.82 Å². The molecule has 1 aromatic rings. The van der Waals surface area contributed by atoms with Crippen LogP contribution in [0, 0.1) is 0 Å². The molecule has 0 radical (unpaired) electrons. The van der Waals surface area contributed by atoms with Crippen LogP contribution in [0.1, 0.15) is 46.4 Å². The van der Waals surface area contributed by atoms with E-state index in [1.54, 1.807) is 6.07 Å². The summed E-state index contributed by atoms with van der Waals surface area (Å²) in [6.45, 7) is 9.73. The van der Waals surface area contributed by atoms with Crippen LogP contribution in [0.3, 0.4) is 0 Å². The normalized spacial score (nSPS) is 12.6. The molecule has 6 heteroatoms. The summed E-state index contributed by atoms with van der Waals surface area (Å²) in [4.78, 5) is 20.5. The minimum absolute atomic E-state index is 0.0455. The first-order chi connectivity index (χ1) is 8.79. The Morgan fingerprint density at radius 3 is 2.37 bits per heavy atom. The second-order valence-electron chi connectivity index (χ2n) is 5.12. The number of nitrogens with zero attached hydrogens (tertiary/aromatic N) is 2. The Morgan fingerprint density at radius 1 is 1.21 bits per heavy atom. The smallest absolute Gasteiger partial charge is 0.242 e. The van der Waals surface area contributed by atoms with Gasteiger partial charge in [0.05, 0.1) is 0 Å². The number of hydrogen-bond donors (Lipinski definition) is 2. The number of nitrogens with one attached hydrogen (secondary N) is 2. The minimum atomic E-state index is -0.343. The van der Waals surface area contributed by atoms with Gasteiger partial charge in [-0.1, -0.05) is 13.8 Å². The molecule has 0 saturated heterocycles. The molecular formula is C13H21BrN4O. The van der Waals surface area contributed by atoms with Gasteiger partial charge in [0.2, 0.25) is 5.91 Å². The van der Waals surface area contributed by atoms with Crippen molar-refractivity contribution in [1.29, 1.82) is 0 Å². The Hall–Kier alpha value is -1.17. The summed E-state index contributed by atoms with van der Waals surface area (Å²) >= 11 is 3.36. The van der Waals surface area contributed by atoms with E-state index >= 15 is 0 Å². The van der Waals surface area contributed by atoms with Crippen LogP contribution in [-0.2, 0) is 4.79 Å². The van der Waals surface area contributed by atoms with E-state index in [1.807, 2.05) is 34.6 Å². The van der Waals surface area contributed by atoms with E-state index in [9.17, 15) is 4.79 Å². The number of halogens is 1. The van der Waals surface area contributed by atoms with Gasteiger partial charge in [-0.2, -0.15) is 0 Å². The molecule has 0 bridgehead atoms. The summed E-state index contributed by atoms with van der Waals surface area (Å²) in [6.07, 6.45) is 0. The number of carbonyl (C=O) groups excluding carboxylic acids is 1. The second kappa shape index (κ2) is 6.84. The van der Waals surface area contributed by atoms with Gasteiger partial charge in [-0.3, -0.25) is 4.79 Å². The zero-order valence-electron chi connectivity index (χ0n) is 12.0. The number of carbonyl (C=O) groups is 1. The molecule has 0 fully saturated rings. The molecule has 1 atom stereocenters. The molecule has 1 rings (SSSR count). The van der Waals surface area contributed by atoms with Gasteiger partial charge in [-0.05, 0) is 36.7 Å². The fourth-order valence-corrected chi connectivity index (χ4v) is 1.86. The Morgan fingerprint density at radius 2 is 1.84 bits per heavy atom. The molecule has 1 amide bonds. The lowest BCUT2D eigenvalue weighted by atomic mass is 10.2.